The van der Waals surface area contributed by atoms with Crippen molar-refractivity contribution in [3.8, 4) is 5.75 Å². The van der Waals surface area contributed by atoms with E-state index in [1.165, 1.54) is 6.07 Å². The lowest BCUT2D eigenvalue weighted by atomic mass is 9.87. The second-order valence-electron chi connectivity index (χ2n) is 6.12. The number of fused-ring (bicyclic) bond motifs is 1. The fourth-order valence-corrected chi connectivity index (χ4v) is 3.50. The molecule has 3 atom stereocenters. The number of hydrogen-bond donors (Lipinski definition) is 2. The predicted octanol–water partition coefficient (Wildman–Crippen LogP) is 3.29. The first-order valence-electron chi connectivity index (χ1n) is 8.04. The molecule has 0 fully saturated rings. The van der Waals surface area contributed by atoms with Crippen LogP contribution in [0.4, 0.5) is 0 Å². The summed E-state index contributed by atoms with van der Waals surface area (Å²) < 4.78 is 5.99. The Morgan fingerprint density at radius 3 is 2.62 bits per heavy atom. The van der Waals surface area contributed by atoms with Crippen molar-refractivity contribution in [2.45, 2.75) is 30.2 Å². The second kappa shape index (κ2) is 7.07. The van der Waals surface area contributed by atoms with Gasteiger partial charge in [-0.1, -0.05) is 36.4 Å². The van der Waals surface area contributed by atoms with Crippen molar-refractivity contribution in [1.29, 1.82) is 0 Å². The number of halogens is 1. The van der Waals surface area contributed by atoms with Gasteiger partial charge in [0.2, 0.25) is 6.10 Å². The Hall–Kier alpha value is -2.41. The van der Waals surface area contributed by atoms with Crippen molar-refractivity contribution >= 4 is 11.6 Å². The van der Waals surface area contributed by atoms with Gasteiger partial charge in [-0.15, -0.1) is 6.58 Å². The van der Waals surface area contributed by atoms with Crippen LogP contribution in [0, 0.1) is 10.1 Å². The molecule has 0 bridgehead atoms. The molecule has 0 spiro atoms. The molecule has 0 aromatic heterocycles. The lowest BCUT2D eigenvalue weighted by molar-refractivity contribution is -0.570. The van der Waals surface area contributed by atoms with E-state index in [2.05, 4.69) is 6.58 Å². The van der Waals surface area contributed by atoms with E-state index in [1.54, 1.807) is 42.5 Å². The monoisotopic (exact) mass is 375 g/mol. The Morgan fingerprint density at radius 2 is 2.04 bits per heavy atom. The molecule has 0 unspecified atom stereocenters. The van der Waals surface area contributed by atoms with Gasteiger partial charge in [-0.05, 0) is 41.3 Å². The first-order chi connectivity index (χ1) is 12.4. The minimum Gasteiger partial charge on any atom is -0.476 e. The highest BCUT2D eigenvalue weighted by Gasteiger charge is 2.61. The average molecular weight is 376 g/mol. The largest absolute Gasteiger partial charge is 0.476 e. The Kier molecular flexibility index (Phi) is 5.00. The lowest BCUT2D eigenvalue weighted by Crippen LogP contribution is -2.49. The second-order valence-corrected chi connectivity index (χ2v) is 6.73. The fourth-order valence-electron chi connectivity index (χ4n) is 3.21. The zero-order chi connectivity index (χ0) is 18.9. The van der Waals surface area contributed by atoms with Crippen LogP contribution in [0.3, 0.4) is 0 Å². The summed E-state index contributed by atoms with van der Waals surface area (Å²) >= 11 is 6.36. The normalized spacial score (nSPS) is 24.4. The van der Waals surface area contributed by atoms with Crippen LogP contribution in [-0.2, 0) is 13.0 Å². The molecule has 1 aliphatic rings. The van der Waals surface area contributed by atoms with Gasteiger partial charge < -0.3 is 14.9 Å². The van der Waals surface area contributed by atoms with Crippen molar-refractivity contribution < 1.29 is 19.9 Å². The van der Waals surface area contributed by atoms with Crippen molar-refractivity contribution in [3.63, 3.8) is 0 Å². The zero-order valence-electron chi connectivity index (χ0n) is 13.8. The maximum absolute atomic E-state index is 11.8. The van der Waals surface area contributed by atoms with Crippen LogP contribution in [0.2, 0.25) is 0 Å². The van der Waals surface area contributed by atoms with E-state index < -0.39 is 22.1 Å². The third-order valence-corrected chi connectivity index (χ3v) is 5.01. The van der Waals surface area contributed by atoms with Crippen LogP contribution < -0.4 is 4.74 Å². The number of alkyl halides is 1. The first kappa shape index (κ1) is 18.4. The molecule has 1 aliphatic heterocycles. The minimum atomic E-state index is -2.30. The number of hydrogen-bond acceptors (Lipinski definition) is 5. The number of rotatable bonds is 5. The highest BCUT2D eigenvalue weighted by Crippen LogP contribution is 2.52. The molecule has 26 heavy (non-hydrogen) atoms. The molecule has 6 nitrogen and oxygen atoms in total. The van der Waals surface area contributed by atoms with Gasteiger partial charge in [0.25, 0.3) is 0 Å². The number of aliphatic hydroxyl groups is 2. The Balaban J connectivity index is 2.23. The van der Waals surface area contributed by atoms with E-state index in [0.717, 1.165) is 0 Å². The molecule has 0 saturated heterocycles. The SMILES string of the molecule is C=CCc1cc(CO)cc2c1O[C@@H](c1ccccc1)[C@](Cl)([N+](=O)[O-])[C@H]2O. The standard InChI is InChI=1S/C19H18ClNO5/c1-2-6-14-9-12(11-22)10-15-16(14)26-18(13-7-4-3-5-8-13)19(20,17(15)23)21(24)25/h2-5,7-10,17-18,22-23H,1,6,11H2/t17-,18-,19+/m0/s1. The quantitative estimate of drug-likeness (QED) is 0.275. The molecule has 0 amide bonds. The topological polar surface area (TPSA) is 92.8 Å². The minimum absolute atomic E-state index is 0.187. The Morgan fingerprint density at radius 1 is 1.35 bits per heavy atom. The van der Waals surface area contributed by atoms with E-state index in [9.17, 15) is 20.3 Å². The highest BCUT2D eigenvalue weighted by atomic mass is 35.5. The van der Waals surface area contributed by atoms with Crippen LogP contribution in [0.5, 0.6) is 5.75 Å². The third kappa shape index (κ3) is 2.86. The Bertz CT molecular complexity index is 841. The number of nitrogens with zero attached hydrogens (tertiary/aromatic N) is 1. The summed E-state index contributed by atoms with van der Waals surface area (Å²) in [4.78, 5) is 8.79. The van der Waals surface area contributed by atoms with Crippen LogP contribution in [-0.4, -0.2) is 20.1 Å². The summed E-state index contributed by atoms with van der Waals surface area (Å²) in [5.41, 5.74) is 1.85. The number of nitro groups is 1. The van der Waals surface area contributed by atoms with Gasteiger partial charge in [0.1, 0.15) is 5.75 Å². The van der Waals surface area contributed by atoms with Crippen LogP contribution in [0.1, 0.15) is 34.5 Å². The van der Waals surface area contributed by atoms with Gasteiger partial charge in [-0.2, -0.15) is 0 Å². The molecule has 0 aliphatic carbocycles. The van der Waals surface area contributed by atoms with Crippen molar-refractivity contribution in [1.82, 2.24) is 0 Å². The average Bonchev–Trinajstić information content (AvgIpc) is 2.65. The van der Waals surface area contributed by atoms with Gasteiger partial charge in [0.05, 0.1) is 11.5 Å². The van der Waals surface area contributed by atoms with Crippen molar-refractivity contribution in [3.05, 3.63) is 87.5 Å². The molecule has 7 heteroatoms. The van der Waals surface area contributed by atoms with Crippen molar-refractivity contribution in [2.24, 2.45) is 0 Å². The summed E-state index contributed by atoms with van der Waals surface area (Å²) in [6.45, 7) is 3.42. The van der Waals surface area contributed by atoms with Crippen LogP contribution in [0.15, 0.2) is 55.1 Å². The summed E-state index contributed by atoms with van der Waals surface area (Å²) in [5.74, 6) is 0.335. The smallest absolute Gasteiger partial charge is 0.364 e. The lowest BCUT2D eigenvalue weighted by Gasteiger charge is -2.38. The van der Waals surface area contributed by atoms with Crippen LogP contribution in [0.25, 0.3) is 0 Å². The maximum atomic E-state index is 11.8. The summed E-state index contributed by atoms with van der Waals surface area (Å²) in [7, 11) is 0. The van der Waals surface area contributed by atoms with Gasteiger partial charge in [0.15, 0.2) is 6.10 Å². The zero-order valence-corrected chi connectivity index (χ0v) is 14.6. The highest BCUT2D eigenvalue weighted by molar-refractivity contribution is 6.23. The van der Waals surface area contributed by atoms with Gasteiger partial charge in [0, 0.05) is 11.1 Å². The molecule has 2 aromatic rings. The van der Waals surface area contributed by atoms with Gasteiger partial charge in [-0.25, -0.2) is 0 Å². The number of allylic oxidation sites excluding steroid dienone is 1. The number of aliphatic hydroxyl groups excluding tert-OH is 2. The fraction of sp³-hybridized carbons (Fsp3) is 0.263. The molecule has 3 rings (SSSR count). The summed E-state index contributed by atoms with van der Waals surface area (Å²) in [5, 5.41) is 32.1. The van der Waals surface area contributed by atoms with Crippen molar-refractivity contribution in [2.75, 3.05) is 0 Å². The maximum Gasteiger partial charge on any atom is 0.364 e. The molecular formula is C19H18ClNO5. The number of benzene rings is 2. The van der Waals surface area contributed by atoms with E-state index >= 15 is 0 Å². The van der Waals surface area contributed by atoms with Gasteiger partial charge >= 0.3 is 5.00 Å². The first-order valence-corrected chi connectivity index (χ1v) is 8.41. The molecule has 136 valence electrons. The number of ether oxygens (including phenoxy) is 1. The van der Waals surface area contributed by atoms with E-state index in [4.69, 9.17) is 16.3 Å². The molecule has 1 heterocycles. The molecule has 2 aromatic carbocycles. The molecule has 0 saturated carbocycles. The summed E-state index contributed by atoms with van der Waals surface area (Å²) in [6.07, 6.45) is -0.743. The predicted molar refractivity (Wildman–Crippen MR) is 96.6 cm³/mol. The third-order valence-electron chi connectivity index (χ3n) is 4.46. The Labute approximate surface area is 155 Å². The van der Waals surface area contributed by atoms with Gasteiger partial charge in [-0.3, -0.25) is 10.1 Å². The molecule has 2 N–H and O–H groups in total. The van der Waals surface area contributed by atoms with E-state index in [0.29, 0.717) is 28.9 Å². The molecule has 0 radical (unpaired) electrons. The summed E-state index contributed by atoms with van der Waals surface area (Å²) in [6, 6.07) is 11.7. The molecular weight excluding hydrogens is 358 g/mol. The van der Waals surface area contributed by atoms with E-state index in [-0.39, 0.29) is 12.2 Å². The van der Waals surface area contributed by atoms with Crippen LogP contribution >= 0.6 is 11.6 Å². The van der Waals surface area contributed by atoms with E-state index in [1.807, 2.05) is 0 Å².